The van der Waals surface area contributed by atoms with Crippen molar-refractivity contribution in [1.82, 2.24) is 19.1 Å². The number of fused-ring (bicyclic) bond motifs is 1. The van der Waals surface area contributed by atoms with Crippen LogP contribution < -0.4 is 5.69 Å². The number of carbonyl (C=O) groups is 1. The summed E-state index contributed by atoms with van der Waals surface area (Å²) in [6, 6.07) is 5.33. The lowest BCUT2D eigenvalue weighted by Gasteiger charge is -2.33. The fraction of sp³-hybridized carbons (Fsp3) is 0.462. The highest BCUT2D eigenvalue weighted by molar-refractivity contribution is 5.76. The molecule has 0 spiro atoms. The first-order valence-corrected chi connectivity index (χ1v) is 6.58. The Bertz CT molecular complexity index is 690. The molecule has 0 saturated carbocycles. The second-order valence-corrected chi connectivity index (χ2v) is 4.88. The number of nitrogens with zero attached hydrogens (tertiary/aromatic N) is 4. The Morgan fingerprint density at radius 1 is 1.50 bits per heavy atom. The van der Waals surface area contributed by atoms with Crippen LogP contribution in [-0.4, -0.2) is 50.8 Å². The average molecular weight is 276 g/mol. The molecule has 3 heterocycles. The van der Waals surface area contributed by atoms with E-state index in [-0.39, 0.29) is 24.2 Å². The molecule has 7 heteroatoms. The molecule has 1 aliphatic rings. The van der Waals surface area contributed by atoms with E-state index >= 15 is 0 Å². The molecule has 0 radical (unpaired) electrons. The van der Waals surface area contributed by atoms with Gasteiger partial charge in [0.15, 0.2) is 5.65 Å². The zero-order chi connectivity index (χ0) is 14.1. The predicted molar refractivity (Wildman–Crippen MR) is 71.4 cm³/mol. The fourth-order valence-electron chi connectivity index (χ4n) is 2.39. The first kappa shape index (κ1) is 12.9. The number of ether oxygens (including phenoxy) is 1. The largest absolute Gasteiger partial charge is 0.377 e. The summed E-state index contributed by atoms with van der Waals surface area (Å²) in [5.74, 6) is -0.105. The van der Waals surface area contributed by atoms with Crippen LogP contribution in [-0.2, 0) is 16.1 Å². The van der Waals surface area contributed by atoms with Gasteiger partial charge in [-0.25, -0.2) is 9.48 Å². The van der Waals surface area contributed by atoms with Crippen LogP contribution in [0.2, 0.25) is 0 Å². The number of pyridine rings is 1. The van der Waals surface area contributed by atoms with Crippen LogP contribution in [0.1, 0.15) is 6.92 Å². The normalized spacial score (nSPS) is 19.4. The zero-order valence-corrected chi connectivity index (χ0v) is 11.2. The molecule has 0 unspecified atom stereocenters. The third-order valence-electron chi connectivity index (χ3n) is 3.46. The zero-order valence-electron chi connectivity index (χ0n) is 11.2. The van der Waals surface area contributed by atoms with Gasteiger partial charge < -0.3 is 9.64 Å². The number of amides is 1. The molecule has 0 bridgehead atoms. The maximum atomic E-state index is 12.3. The molecule has 0 N–H and O–H groups in total. The summed E-state index contributed by atoms with van der Waals surface area (Å²) in [5.41, 5.74) is 0.246. The quantitative estimate of drug-likeness (QED) is 0.758. The lowest BCUT2D eigenvalue weighted by molar-refractivity contribution is -0.140. The average Bonchev–Trinajstić information content (AvgIpc) is 2.76. The molecule has 3 rings (SSSR count). The van der Waals surface area contributed by atoms with Gasteiger partial charge in [0, 0.05) is 12.7 Å². The van der Waals surface area contributed by atoms with Gasteiger partial charge in [-0.2, -0.15) is 0 Å². The Morgan fingerprint density at radius 2 is 2.35 bits per heavy atom. The summed E-state index contributed by atoms with van der Waals surface area (Å²) in [5, 5.41) is 4.16. The first-order chi connectivity index (χ1) is 9.66. The molecule has 0 aliphatic carbocycles. The number of aromatic nitrogens is 3. The van der Waals surface area contributed by atoms with Crippen LogP contribution in [0.5, 0.6) is 0 Å². The van der Waals surface area contributed by atoms with E-state index in [1.54, 1.807) is 29.3 Å². The van der Waals surface area contributed by atoms with Crippen LogP contribution in [0.4, 0.5) is 0 Å². The summed E-state index contributed by atoms with van der Waals surface area (Å²) in [7, 11) is 0. The summed E-state index contributed by atoms with van der Waals surface area (Å²) in [4.78, 5) is 26.1. The van der Waals surface area contributed by atoms with E-state index in [2.05, 4.69) is 5.10 Å². The first-order valence-electron chi connectivity index (χ1n) is 6.58. The molecule has 1 atom stereocenters. The summed E-state index contributed by atoms with van der Waals surface area (Å²) in [6.45, 7) is 3.53. The van der Waals surface area contributed by atoms with Gasteiger partial charge in [0.2, 0.25) is 5.91 Å². The van der Waals surface area contributed by atoms with Gasteiger partial charge >= 0.3 is 5.69 Å². The van der Waals surface area contributed by atoms with Gasteiger partial charge in [0.05, 0.1) is 19.3 Å². The van der Waals surface area contributed by atoms with Gasteiger partial charge in [0.25, 0.3) is 0 Å². The minimum absolute atomic E-state index is 0.0315. The van der Waals surface area contributed by atoms with Crippen LogP contribution in [0, 0.1) is 0 Å². The van der Waals surface area contributed by atoms with E-state index in [9.17, 15) is 9.59 Å². The second kappa shape index (κ2) is 5.09. The van der Waals surface area contributed by atoms with Crippen molar-refractivity contribution in [2.75, 3.05) is 19.8 Å². The number of carbonyl (C=O) groups excluding carboxylic acids is 1. The second-order valence-electron chi connectivity index (χ2n) is 4.88. The summed E-state index contributed by atoms with van der Waals surface area (Å²) >= 11 is 0. The van der Waals surface area contributed by atoms with Gasteiger partial charge in [-0.1, -0.05) is 6.07 Å². The van der Waals surface area contributed by atoms with E-state index in [0.717, 1.165) is 0 Å². The van der Waals surface area contributed by atoms with Gasteiger partial charge in [-0.05, 0) is 19.1 Å². The molecule has 106 valence electrons. The number of hydrogen-bond acceptors (Lipinski definition) is 4. The lowest BCUT2D eigenvalue weighted by atomic mass is 10.2. The predicted octanol–water partition coefficient (Wildman–Crippen LogP) is -0.257. The smallest absolute Gasteiger partial charge is 0.350 e. The van der Waals surface area contributed by atoms with E-state index in [4.69, 9.17) is 4.74 Å². The van der Waals surface area contributed by atoms with Crippen LogP contribution in [0.3, 0.4) is 0 Å². The monoisotopic (exact) mass is 276 g/mol. The standard InChI is InChI=1S/C13H16N4O3/c1-10-9-20-7-6-15(10)12(18)8-17-13(19)16-5-3-2-4-11(16)14-17/h2-5,10H,6-9H2,1H3/t10-/m0/s1. The highest BCUT2D eigenvalue weighted by Crippen LogP contribution is 2.07. The third-order valence-corrected chi connectivity index (χ3v) is 3.46. The highest BCUT2D eigenvalue weighted by Gasteiger charge is 2.24. The molecule has 1 fully saturated rings. The minimum Gasteiger partial charge on any atom is -0.377 e. The molecule has 1 amide bonds. The number of morpholine rings is 1. The Kier molecular flexibility index (Phi) is 3.27. The Hall–Kier alpha value is -2.15. The highest BCUT2D eigenvalue weighted by atomic mass is 16.5. The van der Waals surface area contributed by atoms with Crippen molar-refractivity contribution in [3.63, 3.8) is 0 Å². The summed E-state index contributed by atoms with van der Waals surface area (Å²) < 4.78 is 7.94. The van der Waals surface area contributed by atoms with Crippen LogP contribution in [0.15, 0.2) is 29.2 Å². The van der Waals surface area contributed by atoms with E-state index in [1.165, 1.54) is 9.08 Å². The SMILES string of the molecule is C[C@H]1COCCN1C(=O)Cn1nc2ccccn2c1=O. The topological polar surface area (TPSA) is 68.8 Å². The van der Waals surface area contributed by atoms with Crippen molar-refractivity contribution >= 4 is 11.6 Å². The van der Waals surface area contributed by atoms with Gasteiger partial charge in [-0.3, -0.25) is 9.20 Å². The molecular formula is C13H16N4O3. The Labute approximate surface area is 115 Å². The van der Waals surface area contributed by atoms with Gasteiger partial charge in [-0.15, -0.1) is 5.10 Å². The molecule has 20 heavy (non-hydrogen) atoms. The molecule has 2 aromatic heterocycles. The number of rotatable bonds is 2. The van der Waals surface area contributed by atoms with Crippen LogP contribution >= 0.6 is 0 Å². The molecule has 0 aromatic carbocycles. The van der Waals surface area contributed by atoms with Gasteiger partial charge in [0.1, 0.15) is 6.54 Å². The van der Waals surface area contributed by atoms with E-state index in [0.29, 0.717) is 25.4 Å². The number of hydrogen-bond donors (Lipinski definition) is 0. The van der Waals surface area contributed by atoms with E-state index in [1.807, 2.05) is 6.92 Å². The van der Waals surface area contributed by atoms with Crippen LogP contribution in [0.25, 0.3) is 5.65 Å². The van der Waals surface area contributed by atoms with Crippen molar-refractivity contribution in [3.05, 3.63) is 34.9 Å². The Balaban J connectivity index is 1.84. The lowest BCUT2D eigenvalue weighted by Crippen LogP contribution is -2.49. The van der Waals surface area contributed by atoms with E-state index < -0.39 is 0 Å². The minimum atomic E-state index is -0.296. The van der Waals surface area contributed by atoms with Crippen molar-refractivity contribution in [3.8, 4) is 0 Å². The van der Waals surface area contributed by atoms with Crippen molar-refractivity contribution < 1.29 is 9.53 Å². The molecule has 7 nitrogen and oxygen atoms in total. The fourth-order valence-corrected chi connectivity index (χ4v) is 2.39. The molecule has 1 aliphatic heterocycles. The maximum Gasteiger partial charge on any atom is 0.350 e. The molecule has 1 saturated heterocycles. The van der Waals surface area contributed by atoms with Crippen molar-refractivity contribution in [1.29, 1.82) is 0 Å². The third kappa shape index (κ3) is 2.20. The molecule has 2 aromatic rings. The Morgan fingerprint density at radius 3 is 3.10 bits per heavy atom. The maximum absolute atomic E-state index is 12.3. The van der Waals surface area contributed by atoms with Crippen molar-refractivity contribution in [2.24, 2.45) is 0 Å². The van der Waals surface area contributed by atoms with Crippen molar-refractivity contribution in [2.45, 2.75) is 19.5 Å². The molecular weight excluding hydrogens is 260 g/mol. The summed E-state index contributed by atoms with van der Waals surface area (Å²) in [6.07, 6.45) is 1.64.